The molecule has 0 fully saturated rings. The quantitative estimate of drug-likeness (QED) is 0.727. The van der Waals surface area contributed by atoms with Gasteiger partial charge in [0.25, 0.3) is 0 Å². The number of sulfonamides is 1. The summed E-state index contributed by atoms with van der Waals surface area (Å²) in [5.41, 5.74) is 0.314. The van der Waals surface area contributed by atoms with E-state index in [1.54, 1.807) is 18.2 Å². The average Bonchev–Trinajstić information content (AvgIpc) is 2.34. The van der Waals surface area contributed by atoms with Gasteiger partial charge in [0.1, 0.15) is 0 Å². The van der Waals surface area contributed by atoms with E-state index in [-0.39, 0.29) is 10.8 Å². The summed E-state index contributed by atoms with van der Waals surface area (Å²) >= 11 is -2.98. The van der Waals surface area contributed by atoms with Crippen LogP contribution in [0.4, 0.5) is 0 Å². The molecule has 0 unspecified atom stereocenters. The van der Waals surface area contributed by atoms with Crippen LogP contribution in [0.15, 0.2) is 29.2 Å². The second kappa shape index (κ2) is 3.46. The minimum absolute atomic E-state index is 0.159. The Morgan fingerprint density at radius 3 is 2.19 bits per heavy atom. The van der Waals surface area contributed by atoms with Crippen molar-refractivity contribution in [2.45, 2.75) is 19.7 Å². The van der Waals surface area contributed by atoms with Crippen molar-refractivity contribution in [3.63, 3.8) is 0 Å². The molecule has 0 N–H and O–H groups in total. The predicted octanol–water partition coefficient (Wildman–Crippen LogP) is 1.67. The molecule has 1 aliphatic heterocycles. The normalized spacial score (nSPS) is 18.7. The zero-order chi connectivity index (χ0) is 12.1. The number of carbonyl (C=O) groups excluding carboxylic acids is 1. The third-order valence-electron chi connectivity index (χ3n) is 2.43. The molecule has 6 heteroatoms. The van der Waals surface area contributed by atoms with E-state index in [2.05, 4.69) is 0 Å². The van der Waals surface area contributed by atoms with Crippen molar-refractivity contribution < 1.29 is 13.2 Å². The zero-order valence-corrected chi connectivity index (χ0v) is 13.1. The molecule has 0 saturated carbocycles. The molecular formula is C10H13NO3SSn. The van der Waals surface area contributed by atoms with Crippen LogP contribution in [0.1, 0.15) is 10.4 Å². The molecule has 1 amide bonds. The monoisotopic (exact) mass is 347 g/mol. The summed E-state index contributed by atoms with van der Waals surface area (Å²) in [6, 6.07) is 6.41. The average molecular weight is 346 g/mol. The van der Waals surface area contributed by atoms with Gasteiger partial charge in [-0.1, -0.05) is 0 Å². The van der Waals surface area contributed by atoms with Crippen LogP contribution in [0.5, 0.6) is 0 Å². The number of amides is 1. The van der Waals surface area contributed by atoms with Crippen molar-refractivity contribution in [2.24, 2.45) is 0 Å². The van der Waals surface area contributed by atoms with E-state index < -0.39 is 28.7 Å². The summed E-state index contributed by atoms with van der Waals surface area (Å²) in [5.74, 6) is -0.348. The van der Waals surface area contributed by atoms with Crippen molar-refractivity contribution in [1.82, 2.24) is 2.53 Å². The summed E-state index contributed by atoms with van der Waals surface area (Å²) in [6.07, 6.45) is 0. The molecule has 1 aromatic rings. The molecule has 0 spiro atoms. The fraction of sp³-hybridized carbons (Fsp3) is 0.300. The van der Waals surface area contributed by atoms with Gasteiger partial charge in [0.05, 0.1) is 0 Å². The van der Waals surface area contributed by atoms with E-state index in [0.717, 1.165) is 2.53 Å². The Bertz CT molecular complexity index is 560. The van der Waals surface area contributed by atoms with Crippen LogP contribution in [0.2, 0.25) is 14.8 Å². The molecule has 16 heavy (non-hydrogen) atoms. The summed E-state index contributed by atoms with van der Waals surface area (Å²) in [4.78, 5) is 18.0. The molecule has 0 bridgehead atoms. The number of hydrogen-bond acceptors (Lipinski definition) is 3. The van der Waals surface area contributed by atoms with Gasteiger partial charge in [-0.2, -0.15) is 0 Å². The molecule has 0 aliphatic carbocycles. The van der Waals surface area contributed by atoms with Gasteiger partial charge in [-0.05, 0) is 0 Å². The van der Waals surface area contributed by atoms with Crippen molar-refractivity contribution >= 4 is 34.6 Å². The van der Waals surface area contributed by atoms with Crippen LogP contribution in [0.25, 0.3) is 0 Å². The van der Waals surface area contributed by atoms with Gasteiger partial charge in [0, 0.05) is 0 Å². The van der Waals surface area contributed by atoms with Gasteiger partial charge < -0.3 is 0 Å². The molecule has 0 saturated heterocycles. The van der Waals surface area contributed by atoms with Crippen molar-refractivity contribution in [3.8, 4) is 0 Å². The Kier molecular flexibility index (Phi) is 2.58. The molecule has 1 aromatic carbocycles. The first-order chi connectivity index (χ1) is 7.26. The molecule has 0 atom stereocenters. The van der Waals surface area contributed by atoms with E-state index in [9.17, 15) is 13.2 Å². The molecule has 1 aliphatic rings. The van der Waals surface area contributed by atoms with E-state index in [0.29, 0.717) is 5.56 Å². The minimum atomic E-state index is -3.58. The standard InChI is InChI=1S/C7H5NO3S.3CH3.Sn/c9-7-5-3-1-2-4-6(5)12(10,11)8-7;;;;/h1-4H,(H,8,9);3*1H3;/q;;;;+1/p-1. The van der Waals surface area contributed by atoms with Gasteiger partial charge >= 0.3 is 99.9 Å². The summed E-state index contributed by atoms with van der Waals surface area (Å²) < 4.78 is 25.6. The third-order valence-corrected chi connectivity index (χ3v) is 13.8. The van der Waals surface area contributed by atoms with Crippen molar-refractivity contribution in [2.75, 3.05) is 0 Å². The first-order valence-corrected chi connectivity index (χ1v) is 16.2. The number of hydrogen-bond donors (Lipinski definition) is 0. The Balaban J connectivity index is 2.73. The number of nitrogens with zero attached hydrogens (tertiary/aromatic N) is 1. The Hall–Kier alpha value is -0.561. The summed E-state index contributed by atoms with van der Waals surface area (Å²) in [5, 5.41) is 0. The molecule has 0 aromatic heterocycles. The van der Waals surface area contributed by atoms with Crippen LogP contribution in [0, 0.1) is 0 Å². The Labute approximate surface area is 99.5 Å². The van der Waals surface area contributed by atoms with Crippen LogP contribution in [0.3, 0.4) is 0 Å². The Morgan fingerprint density at radius 2 is 1.69 bits per heavy atom. The summed E-state index contributed by atoms with van der Waals surface area (Å²) in [7, 11) is -3.58. The molecule has 86 valence electrons. The van der Waals surface area contributed by atoms with Gasteiger partial charge in [-0.25, -0.2) is 0 Å². The van der Waals surface area contributed by atoms with Crippen LogP contribution < -0.4 is 0 Å². The van der Waals surface area contributed by atoms with E-state index in [1.165, 1.54) is 6.07 Å². The van der Waals surface area contributed by atoms with Crippen molar-refractivity contribution in [3.05, 3.63) is 29.8 Å². The number of fused-ring (bicyclic) bond motifs is 1. The van der Waals surface area contributed by atoms with Gasteiger partial charge in [-0.15, -0.1) is 0 Å². The maximum absolute atomic E-state index is 12.2. The van der Waals surface area contributed by atoms with Crippen LogP contribution >= 0.6 is 0 Å². The van der Waals surface area contributed by atoms with E-state index in [4.69, 9.17) is 0 Å². The van der Waals surface area contributed by atoms with Crippen molar-refractivity contribution in [1.29, 1.82) is 0 Å². The topological polar surface area (TPSA) is 54.5 Å². The second-order valence-electron chi connectivity index (χ2n) is 4.74. The Morgan fingerprint density at radius 1 is 1.12 bits per heavy atom. The predicted molar refractivity (Wildman–Crippen MR) is 63.1 cm³/mol. The van der Waals surface area contributed by atoms with E-state index in [1.807, 2.05) is 14.8 Å². The second-order valence-corrected chi connectivity index (χ2v) is 21.1. The first kappa shape index (κ1) is 11.9. The molecule has 0 radical (unpaired) electrons. The zero-order valence-electron chi connectivity index (χ0n) is 9.39. The SMILES string of the molecule is [CH3][Sn]([CH3])([CH3])[N]1C(=O)c2ccccc2S1(=O)=O. The molecule has 1 heterocycles. The van der Waals surface area contributed by atoms with Crippen LogP contribution in [-0.4, -0.2) is 35.5 Å². The molecule has 2 rings (SSSR count). The fourth-order valence-corrected chi connectivity index (χ4v) is 12.9. The van der Waals surface area contributed by atoms with Gasteiger partial charge in [0.15, 0.2) is 0 Å². The maximum atomic E-state index is 12.2. The molecule has 4 nitrogen and oxygen atoms in total. The third kappa shape index (κ3) is 1.57. The van der Waals surface area contributed by atoms with Gasteiger partial charge in [-0.3, -0.25) is 0 Å². The van der Waals surface area contributed by atoms with Gasteiger partial charge in [0.2, 0.25) is 0 Å². The number of benzene rings is 1. The fourth-order valence-electron chi connectivity index (χ4n) is 1.85. The molecular weight excluding hydrogens is 333 g/mol. The first-order valence-electron chi connectivity index (χ1n) is 4.95. The van der Waals surface area contributed by atoms with E-state index >= 15 is 0 Å². The summed E-state index contributed by atoms with van der Waals surface area (Å²) in [6.45, 7) is 0. The number of rotatable bonds is 1. The number of carbonyl (C=O) groups is 1. The van der Waals surface area contributed by atoms with Crippen LogP contribution in [-0.2, 0) is 10.0 Å².